The minimum absolute atomic E-state index is 0.0177. The van der Waals surface area contributed by atoms with Crippen LogP contribution in [0, 0.1) is 0 Å². The van der Waals surface area contributed by atoms with Crippen molar-refractivity contribution in [2.24, 2.45) is 0 Å². The molecule has 2 aromatic carbocycles. The number of halogens is 3. The lowest BCUT2D eigenvalue weighted by Gasteiger charge is -2.29. The molecule has 12 heteroatoms. The molecule has 1 N–H and O–H groups in total. The van der Waals surface area contributed by atoms with Crippen LogP contribution in [0.5, 0.6) is 5.75 Å². The summed E-state index contributed by atoms with van der Waals surface area (Å²) in [7, 11) is -2.19. The second-order valence-corrected chi connectivity index (χ2v) is 12.0. The average Bonchev–Trinajstić information content (AvgIpc) is 2.86. The molecule has 0 aliphatic rings. The van der Waals surface area contributed by atoms with Gasteiger partial charge in [0.25, 0.3) is 0 Å². The highest BCUT2D eigenvalue weighted by Gasteiger charge is 2.27. The summed E-state index contributed by atoms with van der Waals surface area (Å²) in [5, 5.41) is 3.87. The smallest absolute Gasteiger partial charge is 0.242 e. The first-order valence-electron chi connectivity index (χ1n) is 12.2. The second kappa shape index (κ2) is 14.8. The van der Waals surface area contributed by atoms with Crippen LogP contribution in [0.3, 0.4) is 0 Å². The van der Waals surface area contributed by atoms with E-state index in [1.165, 1.54) is 22.4 Å². The maximum absolute atomic E-state index is 13.4. The van der Waals surface area contributed by atoms with Gasteiger partial charge in [-0.25, -0.2) is 8.42 Å². The van der Waals surface area contributed by atoms with Crippen molar-refractivity contribution < 1.29 is 22.7 Å². The van der Waals surface area contributed by atoms with Crippen molar-refractivity contribution in [3.05, 3.63) is 57.0 Å². The summed E-state index contributed by atoms with van der Waals surface area (Å²) in [6, 6.07) is 8.96. The van der Waals surface area contributed by atoms with E-state index >= 15 is 0 Å². The summed E-state index contributed by atoms with van der Waals surface area (Å²) >= 11 is 18.4. The molecule has 0 saturated carbocycles. The lowest BCUT2D eigenvalue weighted by molar-refractivity contribution is -0.140. The van der Waals surface area contributed by atoms with Crippen LogP contribution in [0.25, 0.3) is 0 Å². The summed E-state index contributed by atoms with van der Waals surface area (Å²) in [6.45, 7) is 4.39. The van der Waals surface area contributed by atoms with Crippen molar-refractivity contribution >= 4 is 62.3 Å². The molecule has 0 bridgehead atoms. The number of benzene rings is 2. The molecule has 1 atom stereocenters. The molecule has 2 aromatic rings. The standard InChI is InChI=1S/C26H34Cl3N3O5S/c1-5-6-13-30-26(34)18(2)31(17-19-9-11-21(27)22(28)15-19)25(33)8-7-14-32(38(4,35)36)20-10-12-24(37-3)23(29)16-20/h9-12,15-16,18H,5-8,13-14,17H2,1-4H3,(H,30,34)/t18-/m1/s1. The van der Waals surface area contributed by atoms with E-state index in [1.54, 1.807) is 37.3 Å². The monoisotopic (exact) mass is 605 g/mol. The molecular weight excluding hydrogens is 573 g/mol. The normalized spacial score (nSPS) is 12.1. The molecule has 38 heavy (non-hydrogen) atoms. The number of anilines is 1. The van der Waals surface area contributed by atoms with Crippen LogP contribution in [0.4, 0.5) is 5.69 Å². The number of ether oxygens (including phenoxy) is 1. The van der Waals surface area contributed by atoms with Crippen LogP contribution in [0.1, 0.15) is 45.1 Å². The number of hydrogen-bond donors (Lipinski definition) is 1. The number of amides is 2. The summed E-state index contributed by atoms with van der Waals surface area (Å²) in [5.41, 5.74) is 1.08. The number of hydrogen-bond acceptors (Lipinski definition) is 5. The SMILES string of the molecule is CCCCNC(=O)[C@@H](C)N(Cc1ccc(Cl)c(Cl)c1)C(=O)CCCN(c1ccc(OC)c(Cl)c1)S(C)(=O)=O. The molecule has 0 unspecified atom stereocenters. The number of nitrogens with zero attached hydrogens (tertiary/aromatic N) is 2. The van der Waals surface area contributed by atoms with Crippen LogP contribution < -0.4 is 14.4 Å². The van der Waals surface area contributed by atoms with Gasteiger partial charge in [-0.3, -0.25) is 13.9 Å². The Morgan fingerprint density at radius 1 is 1.03 bits per heavy atom. The summed E-state index contributed by atoms with van der Waals surface area (Å²) in [4.78, 5) is 27.6. The number of sulfonamides is 1. The Morgan fingerprint density at radius 3 is 2.32 bits per heavy atom. The Kier molecular flexibility index (Phi) is 12.5. The molecule has 210 valence electrons. The Labute approximate surface area is 240 Å². The first kappa shape index (κ1) is 32.0. The van der Waals surface area contributed by atoms with Crippen molar-refractivity contribution in [2.45, 2.75) is 52.1 Å². The minimum atomic E-state index is -3.65. The van der Waals surface area contributed by atoms with E-state index in [-0.39, 0.29) is 42.8 Å². The van der Waals surface area contributed by atoms with Crippen LogP contribution in [-0.4, -0.2) is 57.6 Å². The largest absolute Gasteiger partial charge is 0.495 e. The van der Waals surface area contributed by atoms with E-state index in [0.717, 1.165) is 19.1 Å². The van der Waals surface area contributed by atoms with E-state index in [9.17, 15) is 18.0 Å². The van der Waals surface area contributed by atoms with Crippen molar-refractivity contribution in [3.8, 4) is 5.75 Å². The van der Waals surface area contributed by atoms with Gasteiger partial charge in [-0.15, -0.1) is 0 Å². The van der Waals surface area contributed by atoms with Gasteiger partial charge >= 0.3 is 0 Å². The first-order chi connectivity index (χ1) is 17.9. The van der Waals surface area contributed by atoms with Crippen molar-refractivity contribution in [1.82, 2.24) is 10.2 Å². The van der Waals surface area contributed by atoms with Gasteiger partial charge in [0, 0.05) is 26.1 Å². The molecule has 0 aromatic heterocycles. The maximum Gasteiger partial charge on any atom is 0.242 e. The van der Waals surface area contributed by atoms with Crippen LogP contribution in [0.15, 0.2) is 36.4 Å². The predicted octanol–water partition coefficient (Wildman–Crippen LogP) is 5.54. The minimum Gasteiger partial charge on any atom is -0.495 e. The Bertz CT molecular complexity index is 1230. The van der Waals surface area contributed by atoms with E-state index in [1.807, 2.05) is 6.92 Å². The summed E-state index contributed by atoms with van der Waals surface area (Å²) in [5.74, 6) is -0.142. The highest BCUT2D eigenvalue weighted by Crippen LogP contribution is 2.30. The zero-order valence-corrected chi connectivity index (χ0v) is 25.1. The van der Waals surface area contributed by atoms with E-state index in [2.05, 4.69) is 5.32 Å². The molecule has 0 fully saturated rings. The topological polar surface area (TPSA) is 96.0 Å². The van der Waals surface area contributed by atoms with Gasteiger partial charge in [-0.1, -0.05) is 54.2 Å². The Morgan fingerprint density at radius 2 is 1.74 bits per heavy atom. The fraction of sp³-hybridized carbons (Fsp3) is 0.462. The predicted molar refractivity (Wildman–Crippen MR) is 154 cm³/mol. The number of rotatable bonds is 14. The third-order valence-electron chi connectivity index (χ3n) is 5.91. The van der Waals surface area contributed by atoms with Gasteiger partial charge < -0.3 is 15.0 Å². The van der Waals surface area contributed by atoms with Crippen LogP contribution >= 0.6 is 34.8 Å². The van der Waals surface area contributed by atoms with Gasteiger partial charge in [0.05, 0.1) is 34.1 Å². The number of carbonyl (C=O) groups excluding carboxylic acids is 2. The van der Waals surface area contributed by atoms with Gasteiger partial charge in [0.2, 0.25) is 21.8 Å². The number of nitrogens with one attached hydrogen (secondary N) is 1. The molecule has 0 spiro atoms. The zero-order chi connectivity index (χ0) is 28.5. The Balaban J connectivity index is 2.19. The molecule has 0 radical (unpaired) electrons. The first-order valence-corrected chi connectivity index (χ1v) is 15.2. The second-order valence-electron chi connectivity index (χ2n) is 8.85. The van der Waals surface area contributed by atoms with Gasteiger partial charge in [0.15, 0.2) is 0 Å². The molecule has 0 aliphatic carbocycles. The molecule has 2 rings (SSSR count). The quantitative estimate of drug-likeness (QED) is 0.285. The van der Waals surface area contributed by atoms with Crippen molar-refractivity contribution in [2.75, 3.05) is 30.8 Å². The molecule has 0 saturated heterocycles. The van der Waals surface area contributed by atoms with Gasteiger partial charge in [-0.2, -0.15) is 0 Å². The molecule has 8 nitrogen and oxygen atoms in total. The van der Waals surface area contributed by atoms with E-state index < -0.39 is 16.1 Å². The van der Waals surface area contributed by atoms with Crippen molar-refractivity contribution in [1.29, 1.82) is 0 Å². The maximum atomic E-state index is 13.4. The molecule has 0 aliphatic heterocycles. The van der Waals surface area contributed by atoms with Crippen LogP contribution in [0.2, 0.25) is 15.1 Å². The summed E-state index contributed by atoms with van der Waals surface area (Å²) in [6.07, 6.45) is 3.08. The summed E-state index contributed by atoms with van der Waals surface area (Å²) < 4.78 is 31.4. The van der Waals surface area contributed by atoms with Crippen LogP contribution in [-0.2, 0) is 26.2 Å². The van der Waals surface area contributed by atoms with Gasteiger partial charge in [-0.05, 0) is 55.7 Å². The molecule has 2 amide bonds. The van der Waals surface area contributed by atoms with E-state index in [0.29, 0.717) is 33.6 Å². The highest BCUT2D eigenvalue weighted by atomic mass is 35.5. The molecular formula is C26H34Cl3N3O5S. The van der Waals surface area contributed by atoms with Gasteiger partial charge in [0.1, 0.15) is 11.8 Å². The third-order valence-corrected chi connectivity index (χ3v) is 8.14. The number of unbranched alkanes of at least 4 members (excludes halogenated alkanes) is 1. The fourth-order valence-corrected chi connectivity index (χ4v) is 5.30. The lowest BCUT2D eigenvalue weighted by Crippen LogP contribution is -2.48. The average molecular weight is 607 g/mol. The Hall–Kier alpha value is -2.20. The fourth-order valence-electron chi connectivity index (χ4n) is 3.77. The third kappa shape index (κ3) is 9.22. The number of methoxy groups -OCH3 is 1. The van der Waals surface area contributed by atoms with E-state index in [4.69, 9.17) is 39.5 Å². The highest BCUT2D eigenvalue weighted by molar-refractivity contribution is 7.92. The number of carbonyl (C=O) groups is 2. The van der Waals surface area contributed by atoms with Crippen molar-refractivity contribution in [3.63, 3.8) is 0 Å². The zero-order valence-electron chi connectivity index (χ0n) is 22.0. The molecule has 0 heterocycles. The lowest BCUT2D eigenvalue weighted by atomic mass is 10.1.